The number of aromatic amines is 1. The molecule has 4 nitrogen and oxygen atoms in total. The molecule has 0 saturated heterocycles. The molecule has 0 bridgehead atoms. The quantitative estimate of drug-likeness (QED) is 0.0693. The summed E-state index contributed by atoms with van der Waals surface area (Å²) in [7, 11) is 0. The Balaban J connectivity index is 0.000000392. The molecular formula is C36H19Br4F8I3N2O2. The number of aromatic nitrogens is 2. The van der Waals surface area contributed by atoms with Gasteiger partial charge in [0.05, 0.1) is 7.14 Å². The van der Waals surface area contributed by atoms with Gasteiger partial charge in [0.25, 0.3) is 0 Å². The second kappa shape index (κ2) is 22.5. The summed E-state index contributed by atoms with van der Waals surface area (Å²) in [6.45, 7) is 0. The van der Waals surface area contributed by atoms with E-state index >= 15 is 0 Å². The Labute approximate surface area is 387 Å². The van der Waals surface area contributed by atoms with Crippen molar-refractivity contribution in [3.63, 3.8) is 0 Å². The van der Waals surface area contributed by atoms with E-state index in [9.17, 15) is 35.1 Å². The maximum Gasteiger partial charge on any atom is 0.205 e. The highest BCUT2D eigenvalue weighted by Crippen LogP contribution is 2.42. The van der Waals surface area contributed by atoms with Crippen LogP contribution in [0, 0.1) is 53.7 Å². The van der Waals surface area contributed by atoms with Gasteiger partial charge in [0, 0.05) is 48.0 Å². The molecule has 0 aliphatic heterocycles. The van der Waals surface area contributed by atoms with E-state index in [1.165, 1.54) is 49.1 Å². The molecule has 0 fully saturated rings. The van der Waals surface area contributed by atoms with Crippen LogP contribution in [0.15, 0.2) is 115 Å². The smallest absolute Gasteiger partial charge is 0.205 e. The first kappa shape index (κ1) is 47.7. The topological polar surface area (TPSA) is 45.5 Å². The van der Waals surface area contributed by atoms with E-state index in [0.717, 1.165) is 63.1 Å². The molecule has 55 heavy (non-hydrogen) atoms. The van der Waals surface area contributed by atoms with E-state index in [1.807, 2.05) is 48.5 Å². The van der Waals surface area contributed by atoms with Crippen molar-refractivity contribution in [2.45, 2.75) is 12.2 Å². The Morgan fingerprint density at radius 2 is 0.800 bits per heavy atom. The van der Waals surface area contributed by atoms with Gasteiger partial charge in [-0.1, -0.05) is 75.9 Å². The first-order valence-corrected chi connectivity index (χ1v) is 20.0. The summed E-state index contributed by atoms with van der Waals surface area (Å²) in [5.74, 6) is -17.6. The lowest BCUT2D eigenvalue weighted by Crippen LogP contribution is -3.00. The van der Waals surface area contributed by atoms with Gasteiger partial charge in [-0.05, 0) is 99.3 Å². The van der Waals surface area contributed by atoms with Crippen molar-refractivity contribution >= 4 is 109 Å². The van der Waals surface area contributed by atoms with E-state index in [0.29, 0.717) is 0 Å². The summed E-state index contributed by atoms with van der Waals surface area (Å²) in [6.07, 6.45) is 1.51. The van der Waals surface area contributed by atoms with Crippen molar-refractivity contribution < 1.29 is 73.6 Å². The minimum absolute atomic E-state index is 0. The van der Waals surface area contributed by atoms with Crippen LogP contribution in [0.2, 0.25) is 0 Å². The van der Waals surface area contributed by atoms with E-state index in [-0.39, 0.29) is 35.1 Å². The van der Waals surface area contributed by atoms with Gasteiger partial charge in [0.2, 0.25) is 23.3 Å². The van der Waals surface area contributed by atoms with Crippen LogP contribution >= 0.6 is 109 Å². The highest BCUT2D eigenvalue weighted by molar-refractivity contribution is 14.1. The Morgan fingerprint density at radius 3 is 1.09 bits per heavy atom. The Kier molecular flexibility index (Phi) is 19.5. The van der Waals surface area contributed by atoms with E-state index in [2.05, 4.69) is 73.7 Å². The largest absolute Gasteiger partial charge is 1.00 e. The monoisotopic (exact) mass is 1360 g/mol. The summed E-state index contributed by atoms with van der Waals surface area (Å²) >= 11 is 15.4. The maximum absolute atomic E-state index is 14.8. The average Bonchev–Trinajstić information content (AvgIpc) is 3.16. The summed E-state index contributed by atoms with van der Waals surface area (Å²) in [6, 6.07) is 21.0. The second-order valence-electron chi connectivity index (χ2n) is 10.4. The zero-order valence-electron chi connectivity index (χ0n) is 26.8. The molecule has 0 amide bonds. The van der Waals surface area contributed by atoms with Gasteiger partial charge in [-0.2, -0.15) is 17.6 Å². The van der Waals surface area contributed by atoms with Crippen LogP contribution in [0.25, 0.3) is 0 Å². The number of rotatable bonds is 7. The minimum atomic E-state index is -1.89. The Bertz CT molecular complexity index is 1990. The zero-order valence-corrected chi connectivity index (χ0v) is 39.6. The number of hydrogen-bond acceptors (Lipinski definition) is 3. The number of benzene rings is 4. The highest BCUT2D eigenvalue weighted by atomic mass is 127. The number of H-pyrrole nitrogens is 1. The molecule has 2 atom stereocenters. The number of pyridine rings is 2. The van der Waals surface area contributed by atoms with E-state index in [4.69, 9.17) is 9.47 Å². The fourth-order valence-corrected chi connectivity index (χ4v) is 7.46. The second-order valence-corrected chi connectivity index (χ2v) is 16.2. The molecule has 0 spiro atoms. The van der Waals surface area contributed by atoms with Crippen LogP contribution in [0.3, 0.4) is 0 Å². The highest BCUT2D eigenvalue weighted by Gasteiger charge is 2.36. The lowest BCUT2D eigenvalue weighted by Gasteiger charge is -2.29. The maximum atomic E-state index is 14.8. The van der Waals surface area contributed by atoms with Crippen LogP contribution in [-0.4, -0.2) is 4.98 Å². The van der Waals surface area contributed by atoms with Crippen LogP contribution in [-0.2, 0) is 0 Å². The van der Waals surface area contributed by atoms with Gasteiger partial charge in [0.1, 0.15) is 0 Å². The molecule has 0 radical (unpaired) electrons. The van der Waals surface area contributed by atoms with Crippen molar-refractivity contribution in [2.75, 3.05) is 0 Å². The third-order valence-corrected chi connectivity index (χ3v) is 10.7. The third-order valence-electron chi connectivity index (χ3n) is 6.78. The number of nitrogens with one attached hydrogen (secondary N) is 1. The molecule has 0 aliphatic carbocycles. The molecule has 2 heterocycles. The number of hydrogen-bond donors (Lipinski definition) is 0. The number of ether oxygens (including phenoxy) is 2. The summed E-state index contributed by atoms with van der Waals surface area (Å²) in [5, 5.41) is 0. The standard InChI is InChI=1S/C24H10F8I2N2O2.2C6H4Br2.HI/c25-11-15(29)23(16(30)12(26)19(11)33)37-21(9-1-5-35-6-2-9)22(10-3-7-36-8-4-10)38-24-17(31)13(27)20(34)14(28)18(24)32;2*7-5-2-1-3-6(8)4-5;/h1-8,21-22H;2*1-4H;1H/t21-,22-;;;/m0.../s1. The van der Waals surface area contributed by atoms with Gasteiger partial charge < -0.3 is 33.5 Å². The first-order valence-electron chi connectivity index (χ1n) is 14.7. The SMILES string of the molecule is Brc1cccc(Br)c1.Brc1cccc(Br)c1.Fc1c(F)c(O[C@@H](c2ccncc2)[C@@H](Oc2c(F)c(F)c(I)c(F)c2F)c2cc[nH+]cc2)c(F)c(F)c1I.[I-]. The lowest BCUT2D eigenvalue weighted by atomic mass is 9.99. The summed E-state index contributed by atoms with van der Waals surface area (Å²) < 4.78 is 129. The molecule has 0 saturated carbocycles. The molecule has 19 heteroatoms. The van der Waals surface area contributed by atoms with Crippen LogP contribution < -0.4 is 38.4 Å². The molecule has 0 unspecified atom stereocenters. The molecule has 1 N–H and O–H groups in total. The van der Waals surface area contributed by atoms with Crippen molar-refractivity contribution in [3.05, 3.63) is 180 Å². The van der Waals surface area contributed by atoms with Crippen molar-refractivity contribution in [3.8, 4) is 11.5 Å². The van der Waals surface area contributed by atoms with Crippen molar-refractivity contribution in [1.29, 1.82) is 0 Å². The summed E-state index contributed by atoms with van der Waals surface area (Å²) in [4.78, 5) is 6.47. The number of halogens is 15. The average molecular weight is 1360 g/mol. The van der Waals surface area contributed by atoms with Crippen LogP contribution in [0.4, 0.5) is 35.1 Å². The summed E-state index contributed by atoms with van der Waals surface area (Å²) in [5.41, 5.74) is 0.0271. The van der Waals surface area contributed by atoms with Gasteiger partial charge in [-0.15, -0.1) is 0 Å². The zero-order chi connectivity index (χ0) is 39.7. The van der Waals surface area contributed by atoms with Crippen molar-refractivity contribution in [2.24, 2.45) is 0 Å². The van der Waals surface area contributed by atoms with E-state index in [1.54, 1.807) is 0 Å². The fourth-order valence-electron chi connectivity index (χ4n) is 4.30. The Hall–Kier alpha value is -1.67. The molecule has 290 valence electrons. The third kappa shape index (κ3) is 12.7. The molecule has 0 aliphatic rings. The van der Waals surface area contributed by atoms with Gasteiger partial charge in [-0.3, -0.25) is 4.98 Å². The van der Waals surface area contributed by atoms with Crippen LogP contribution in [0.1, 0.15) is 23.3 Å². The van der Waals surface area contributed by atoms with Gasteiger partial charge in [-0.25, -0.2) is 22.5 Å². The lowest BCUT2D eigenvalue weighted by molar-refractivity contribution is -0.378. The first-order chi connectivity index (χ1) is 25.6. The van der Waals surface area contributed by atoms with Gasteiger partial charge >= 0.3 is 0 Å². The normalized spacial score (nSPS) is 11.5. The molecular weight excluding hydrogens is 1340 g/mol. The predicted octanol–water partition coefficient (Wildman–Crippen LogP) is 10.6. The molecule has 2 aromatic heterocycles. The predicted molar refractivity (Wildman–Crippen MR) is 216 cm³/mol. The minimum Gasteiger partial charge on any atom is -1.00 e. The number of nitrogens with zero attached hydrogens (tertiary/aromatic N) is 1. The molecule has 6 rings (SSSR count). The van der Waals surface area contributed by atoms with Crippen LogP contribution in [0.5, 0.6) is 11.5 Å². The van der Waals surface area contributed by atoms with Crippen molar-refractivity contribution in [1.82, 2.24) is 4.98 Å². The molecule has 4 aromatic carbocycles. The molecule has 6 aromatic rings. The fraction of sp³-hybridized carbons (Fsp3) is 0.0556. The van der Waals surface area contributed by atoms with E-state index < -0.39 is 77.4 Å². The van der Waals surface area contributed by atoms with Gasteiger partial charge in [0.15, 0.2) is 59.4 Å². The Morgan fingerprint density at radius 1 is 0.491 bits per heavy atom.